The molecule has 0 saturated carbocycles. The normalized spacial score (nSPS) is 18.1. The fourth-order valence-electron chi connectivity index (χ4n) is 3.84. The molecule has 2 aromatic carbocycles. The van der Waals surface area contributed by atoms with Crippen LogP contribution in [-0.2, 0) is 14.8 Å². The first-order valence-corrected chi connectivity index (χ1v) is 12.5. The van der Waals surface area contributed by atoms with E-state index in [0.29, 0.717) is 41.7 Å². The number of aryl methyl sites for hydroxylation is 1. The van der Waals surface area contributed by atoms with Crippen molar-refractivity contribution in [2.45, 2.75) is 30.7 Å². The van der Waals surface area contributed by atoms with Gasteiger partial charge in [0.2, 0.25) is 22.7 Å². The van der Waals surface area contributed by atoms with Crippen LogP contribution in [0.15, 0.2) is 52.7 Å². The molecule has 1 N–H and O–H groups in total. The number of hydrogen-bond donors (Lipinski definition) is 1. The number of nitrogens with zero attached hydrogens (tertiary/aromatic N) is 2. The first-order valence-electron chi connectivity index (χ1n) is 10.2. The second kappa shape index (κ2) is 8.19. The van der Waals surface area contributed by atoms with E-state index in [1.165, 1.54) is 15.6 Å². The van der Waals surface area contributed by atoms with E-state index in [9.17, 15) is 13.2 Å². The van der Waals surface area contributed by atoms with Crippen molar-refractivity contribution in [2.75, 3.05) is 18.7 Å². The van der Waals surface area contributed by atoms with Crippen LogP contribution in [0.25, 0.3) is 11.3 Å². The lowest BCUT2D eigenvalue weighted by molar-refractivity contribution is -0.119. The number of aromatic nitrogens is 1. The standard InChI is InChI=1S/C22H21N3O5S2/c1-14-4-7-16(8-5-14)32(27,28)25-10-2-3-18(25)21(26)24-22-23-17(12-31-22)15-6-9-19-20(11-15)30-13-29-19/h4-9,11-12,18H,2-3,10,13H2,1H3,(H,23,24,26). The molecule has 8 nitrogen and oxygen atoms in total. The van der Waals surface area contributed by atoms with Crippen LogP contribution in [0.1, 0.15) is 18.4 Å². The van der Waals surface area contributed by atoms with Crippen molar-refractivity contribution >= 4 is 32.4 Å². The number of ether oxygens (including phenoxy) is 2. The highest BCUT2D eigenvalue weighted by atomic mass is 32.2. The molecule has 10 heteroatoms. The SMILES string of the molecule is Cc1ccc(S(=O)(=O)N2CCCC2C(=O)Nc2nc(-c3ccc4c(c3)OCO4)cs2)cc1. The van der Waals surface area contributed by atoms with Crippen molar-refractivity contribution in [3.63, 3.8) is 0 Å². The van der Waals surface area contributed by atoms with Crippen LogP contribution >= 0.6 is 11.3 Å². The van der Waals surface area contributed by atoms with E-state index in [1.807, 2.05) is 30.5 Å². The molecule has 32 heavy (non-hydrogen) atoms. The summed E-state index contributed by atoms with van der Waals surface area (Å²) in [6.07, 6.45) is 1.10. The summed E-state index contributed by atoms with van der Waals surface area (Å²) in [6, 6.07) is 11.4. The van der Waals surface area contributed by atoms with Crippen molar-refractivity contribution < 1.29 is 22.7 Å². The molecule has 2 aliphatic rings. The topological polar surface area (TPSA) is 97.8 Å². The molecule has 3 heterocycles. The van der Waals surface area contributed by atoms with Gasteiger partial charge in [-0.2, -0.15) is 4.31 Å². The number of carbonyl (C=O) groups is 1. The van der Waals surface area contributed by atoms with Gasteiger partial charge in [0.15, 0.2) is 16.6 Å². The Bertz CT molecular complexity index is 1270. The van der Waals surface area contributed by atoms with Crippen LogP contribution in [0, 0.1) is 6.92 Å². The Hall–Kier alpha value is -2.95. The van der Waals surface area contributed by atoms with E-state index in [0.717, 1.165) is 11.1 Å². The molecular formula is C22H21N3O5S2. The quantitative estimate of drug-likeness (QED) is 0.610. The Kier molecular flexibility index (Phi) is 5.36. The number of anilines is 1. The molecular weight excluding hydrogens is 450 g/mol. The van der Waals surface area contributed by atoms with Crippen molar-refractivity contribution in [3.05, 3.63) is 53.4 Å². The van der Waals surface area contributed by atoms with Crippen molar-refractivity contribution in [1.82, 2.24) is 9.29 Å². The highest BCUT2D eigenvalue weighted by Crippen LogP contribution is 2.36. The first kappa shape index (κ1) is 20.9. The van der Waals surface area contributed by atoms with Crippen LogP contribution in [0.2, 0.25) is 0 Å². The third-order valence-electron chi connectivity index (χ3n) is 5.54. The number of sulfonamides is 1. The van der Waals surface area contributed by atoms with Crippen LogP contribution in [-0.4, -0.2) is 43.0 Å². The third-order valence-corrected chi connectivity index (χ3v) is 8.22. The number of rotatable bonds is 5. The fourth-order valence-corrected chi connectivity index (χ4v) is 6.22. The van der Waals surface area contributed by atoms with Gasteiger partial charge in [0, 0.05) is 17.5 Å². The van der Waals surface area contributed by atoms with E-state index in [-0.39, 0.29) is 17.6 Å². The predicted molar refractivity (Wildman–Crippen MR) is 120 cm³/mol. The lowest BCUT2D eigenvalue weighted by Gasteiger charge is -2.23. The zero-order valence-electron chi connectivity index (χ0n) is 17.3. The van der Waals surface area contributed by atoms with E-state index in [1.54, 1.807) is 24.3 Å². The molecule has 166 valence electrons. The van der Waals surface area contributed by atoms with Crippen molar-refractivity contribution in [2.24, 2.45) is 0 Å². The summed E-state index contributed by atoms with van der Waals surface area (Å²) in [4.78, 5) is 17.7. The van der Waals surface area contributed by atoms with E-state index >= 15 is 0 Å². The minimum atomic E-state index is -3.76. The number of thiazole rings is 1. The number of hydrogen-bond acceptors (Lipinski definition) is 7. The fraction of sp³-hybridized carbons (Fsp3) is 0.273. The first-order chi connectivity index (χ1) is 15.4. The summed E-state index contributed by atoms with van der Waals surface area (Å²) in [5.41, 5.74) is 2.51. The molecule has 1 amide bonds. The Morgan fingerprint density at radius 3 is 2.75 bits per heavy atom. The lowest BCUT2D eigenvalue weighted by atomic mass is 10.1. The van der Waals surface area contributed by atoms with Gasteiger partial charge in [-0.15, -0.1) is 11.3 Å². The van der Waals surface area contributed by atoms with Crippen molar-refractivity contribution in [3.8, 4) is 22.8 Å². The summed E-state index contributed by atoms with van der Waals surface area (Å²) in [7, 11) is -3.76. The number of nitrogens with one attached hydrogen (secondary N) is 1. The summed E-state index contributed by atoms with van der Waals surface area (Å²) in [5.74, 6) is 0.974. The van der Waals surface area contributed by atoms with E-state index in [2.05, 4.69) is 10.3 Å². The predicted octanol–water partition coefficient (Wildman–Crippen LogP) is 3.64. The Morgan fingerprint density at radius 2 is 1.94 bits per heavy atom. The molecule has 3 aromatic rings. The van der Waals surface area contributed by atoms with Gasteiger partial charge in [-0.25, -0.2) is 13.4 Å². The average Bonchev–Trinajstić information content (AvgIpc) is 3.53. The molecule has 1 saturated heterocycles. The maximum absolute atomic E-state index is 13.1. The molecule has 1 aromatic heterocycles. The average molecular weight is 472 g/mol. The van der Waals surface area contributed by atoms with Gasteiger partial charge in [-0.1, -0.05) is 17.7 Å². The molecule has 1 atom stereocenters. The van der Waals surface area contributed by atoms with Gasteiger partial charge in [-0.05, 0) is 50.1 Å². The van der Waals surface area contributed by atoms with Crippen LogP contribution in [0.4, 0.5) is 5.13 Å². The maximum Gasteiger partial charge on any atom is 0.244 e. The zero-order chi connectivity index (χ0) is 22.3. The van der Waals surface area contributed by atoms with E-state index < -0.39 is 16.1 Å². The number of carbonyl (C=O) groups excluding carboxylic acids is 1. The minimum absolute atomic E-state index is 0.195. The number of benzene rings is 2. The number of amides is 1. The molecule has 2 aliphatic heterocycles. The zero-order valence-corrected chi connectivity index (χ0v) is 18.9. The second-order valence-corrected chi connectivity index (χ2v) is 10.4. The minimum Gasteiger partial charge on any atom is -0.454 e. The third kappa shape index (κ3) is 3.85. The lowest BCUT2D eigenvalue weighted by Crippen LogP contribution is -2.43. The van der Waals surface area contributed by atoms with Crippen LogP contribution < -0.4 is 14.8 Å². The largest absolute Gasteiger partial charge is 0.454 e. The van der Waals surface area contributed by atoms with Gasteiger partial charge in [0.25, 0.3) is 0 Å². The van der Waals surface area contributed by atoms with Crippen molar-refractivity contribution in [1.29, 1.82) is 0 Å². The summed E-state index contributed by atoms with van der Waals surface area (Å²) in [5, 5.41) is 5.05. The summed E-state index contributed by atoms with van der Waals surface area (Å²) >= 11 is 1.29. The van der Waals surface area contributed by atoms with Gasteiger partial charge < -0.3 is 14.8 Å². The highest BCUT2D eigenvalue weighted by molar-refractivity contribution is 7.89. The smallest absolute Gasteiger partial charge is 0.244 e. The molecule has 0 aliphatic carbocycles. The van der Waals surface area contributed by atoms with Gasteiger partial charge in [-0.3, -0.25) is 4.79 Å². The molecule has 1 fully saturated rings. The van der Waals surface area contributed by atoms with Gasteiger partial charge in [0.1, 0.15) is 6.04 Å². The Morgan fingerprint density at radius 1 is 1.16 bits per heavy atom. The second-order valence-electron chi connectivity index (χ2n) is 7.68. The molecule has 0 spiro atoms. The summed E-state index contributed by atoms with van der Waals surface area (Å²) in [6.45, 7) is 2.41. The molecule has 5 rings (SSSR count). The van der Waals surface area contributed by atoms with Gasteiger partial charge in [0.05, 0.1) is 10.6 Å². The maximum atomic E-state index is 13.1. The van der Waals surface area contributed by atoms with E-state index in [4.69, 9.17) is 9.47 Å². The Balaban J connectivity index is 1.32. The number of fused-ring (bicyclic) bond motifs is 1. The van der Waals surface area contributed by atoms with Crippen LogP contribution in [0.5, 0.6) is 11.5 Å². The highest BCUT2D eigenvalue weighted by Gasteiger charge is 2.39. The molecule has 0 bridgehead atoms. The Labute approximate surface area is 189 Å². The summed E-state index contributed by atoms with van der Waals surface area (Å²) < 4.78 is 38.2. The molecule has 0 radical (unpaired) electrons. The van der Waals surface area contributed by atoms with Crippen LogP contribution in [0.3, 0.4) is 0 Å². The van der Waals surface area contributed by atoms with Gasteiger partial charge >= 0.3 is 0 Å². The molecule has 1 unspecified atom stereocenters. The monoisotopic (exact) mass is 471 g/mol.